The summed E-state index contributed by atoms with van der Waals surface area (Å²) in [5, 5.41) is 10.9. The molecule has 5 rings (SSSR count). The van der Waals surface area contributed by atoms with Crippen molar-refractivity contribution in [3.63, 3.8) is 0 Å². The van der Waals surface area contributed by atoms with Crippen molar-refractivity contribution in [3.05, 3.63) is 60.1 Å². The Bertz CT molecular complexity index is 1420. The van der Waals surface area contributed by atoms with Crippen molar-refractivity contribution in [2.24, 2.45) is 7.05 Å². The van der Waals surface area contributed by atoms with E-state index in [0.29, 0.717) is 35.4 Å². The Hall–Kier alpha value is -4.12. The Kier molecular flexibility index (Phi) is 6.00. The second-order valence-corrected chi connectivity index (χ2v) is 8.06. The lowest BCUT2D eigenvalue weighted by Gasteiger charge is -2.31. The van der Waals surface area contributed by atoms with Gasteiger partial charge in [0.25, 0.3) is 5.91 Å². The minimum atomic E-state index is -0.581. The number of amides is 1. The number of aryl methyl sites for hydroxylation is 1. The first-order valence-electron chi connectivity index (χ1n) is 11.0. The van der Waals surface area contributed by atoms with Crippen LogP contribution in [0.25, 0.3) is 22.3 Å². The van der Waals surface area contributed by atoms with Crippen LogP contribution in [0.2, 0.25) is 0 Å². The second-order valence-electron chi connectivity index (χ2n) is 8.06. The molecular weight excluding hydrogens is 456 g/mol. The largest absolute Gasteiger partial charge is 0.496 e. The van der Waals surface area contributed by atoms with E-state index in [1.54, 1.807) is 19.3 Å². The van der Waals surface area contributed by atoms with E-state index in [0.717, 1.165) is 13.1 Å². The zero-order valence-electron chi connectivity index (χ0n) is 19.2. The molecule has 2 N–H and O–H groups in total. The van der Waals surface area contributed by atoms with Crippen molar-refractivity contribution in [2.45, 2.75) is 0 Å². The average Bonchev–Trinajstić information content (AvgIpc) is 3.26. The minimum absolute atomic E-state index is 0.00161. The highest BCUT2D eigenvalue weighted by Gasteiger charge is 2.24. The van der Waals surface area contributed by atoms with Gasteiger partial charge >= 0.3 is 0 Å². The van der Waals surface area contributed by atoms with Gasteiger partial charge in [0.15, 0.2) is 11.6 Å². The maximum Gasteiger partial charge on any atom is 0.274 e. The van der Waals surface area contributed by atoms with E-state index >= 15 is 4.39 Å². The Labute approximate surface area is 199 Å². The molecule has 0 aliphatic carbocycles. The summed E-state index contributed by atoms with van der Waals surface area (Å²) in [7, 11) is 3.08. The molecule has 2 aromatic heterocycles. The predicted octanol–water partition coefficient (Wildman–Crippen LogP) is 2.98. The zero-order valence-corrected chi connectivity index (χ0v) is 19.2. The smallest absolute Gasteiger partial charge is 0.274 e. The summed E-state index contributed by atoms with van der Waals surface area (Å²) < 4.78 is 36.3. The summed E-state index contributed by atoms with van der Waals surface area (Å²) in [6, 6.07) is 7.06. The van der Waals surface area contributed by atoms with Crippen molar-refractivity contribution >= 4 is 28.2 Å². The number of nitrogens with one attached hydrogen (secondary N) is 2. The molecule has 4 aromatic rings. The van der Waals surface area contributed by atoms with Crippen molar-refractivity contribution in [1.82, 2.24) is 25.1 Å². The first-order chi connectivity index (χ1) is 17.0. The molecule has 9 nitrogen and oxygen atoms in total. The highest BCUT2D eigenvalue weighted by Crippen LogP contribution is 2.37. The third-order valence-electron chi connectivity index (χ3n) is 5.93. The van der Waals surface area contributed by atoms with Crippen LogP contribution in [-0.2, 0) is 7.05 Å². The predicted molar refractivity (Wildman–Crippen MR) is 128 cm³/mol. The number of benzene rings is 2. The minimum Gasteiger partial charge on any atom is -0.496 e. The molecule has 1 aliphatic rings. The van der Waals surface area contributed by atoms with Crippen LogP contribution < -0.4 is 20.3 Å². The van der Waals surface area contributed by atoms with Gasteiger partial charge in [0, 0.05) is 50.9 Å². The lowest BCUT2D eigenvalue weighted by Crippen LogP contribution is -2.44. The molecule has 11 heteroatoms. The van der Waals surface area contributed by atoms with Crippen molar-refractivity contribution < 1.29 is 18.3 Å². The van der Waals surface area contributed by atoms with E-state index in [1.807, 2.05) is 0 Å². The summed E-state index contributed by atoms with van der Waals surface area (Å²) >= 11 is 0. The molecule has 0 bridgehead atoms. The van der Waals surface area contributed by atoms with Gasteiger partial charge in [-0.05, 0) is 18.2 Å². The van der Waals surface area contributed by atoms with Crippen LogP contribution in [0.5, 0.6) is 5.75 Å². The highest BCUT2D eigenvalue weighted by atomic mass is 19.1. The van der Waals surface area contributed by atoms with Crippen LogP contribution in [-0.4, -0.2) is 58.9 Å². The number of carbonyl (C=O) groups is 1. The Balaban J connectivity index is 1.54. The Morgan fingerprint density at radius 2 is 1.97 bits per heavy atom. The number of methoxy groups -OCH3 is 1. The molecule has 1 saturated heterocycles. The lowest BCUT2D eigenvalue weighted by molar-refractivity contribution is 0.102. The molecule has 0 atom stereocenters. The molecule has 0 unspecified atom stereocenters. The Morgan fingerprint density at radius 1 is 1.17 bits per heavy atom. The Morgan fingerprint density at radius 3 is 2.74 bits per heavy atom. The van der Waals surface area contributed by atoms with Crippen LogP contribution >= 0.6 is 0 Å². The number of piperazine rings is 1. The van der Waals surface area contributed by atoms with Gasteiger partial charge in [0.1, 0.15) is 22.8 Å². The van der Waals surface area contributed by atoms with Crippen LogP contribution in [0.4, 0.5) is 20.2 Å². The number of halogens is 2. The third kappa shape index (κ3) is 4.14. The fourth-order valence-corrected chi connectivity index (χ4v) is 4.31. The monoisotopic (exact) mass is 479 g/mol. The van der Waals surface area contributed by atoms with E-state index in [9.17, 15) is 9.18 Å². The van der Waals surface area contributed by atoms with Crippen LogP contribution in [0.15, 0.2) is 42.7 Å². The van der Waals surface area contributed by atoms with Crippen LogP contribution in [0, 0.1) is 11.6 Å². The SMILES string of the molecule is COc1cccc(F)c1-c1nccc(C(=O)Nc2cc(F)c3c(cnn3C)c2N2CCNCC2)n1. The number of nitrogens with zero attached hydrogens (tertiary/aromatic N) is 5. The van der Waals surface area contributed by atoms with Gasteiger partial charge in [0.2, 0.25) is 0 Å². The van der Waals surface area contributed by atoms with Crippen LogP contribution in [0.1, 0.15) is 10.5 Å². The van der Waals surface area contributed by atoms with Crippen molar-refractivity contribution in [2.75, 3.05) is 43.5 Å². The standard InChI is InChI=1S/C24H23F2N7O2/c1-32-21-14(13-29-32)22(33-10-8-27-9-11-33)18(12-16(21)26)31-24(34)17-6-7-28-23(30-17)20-15(25)4-3-5-19(20)35-2/h3-7,12-13,27H,8-11H2,1-2H3,(H,31,34). The summed E-state index contributed by atoms with van der Waals surface area (Å²) in [5.41, 5.74) is 1.40. The molecule has 0 radical (unpaired) electrons. The first kappa shape index (κ1) is 22.7. The van der Waals surface area contributed by atoms with E-state index in [1.165, 1.54) is 42.3 Å². The molecule has 3 heterocycles. The number of aromatic nitrogens is 4. The molecule has 0 saturated carbocycles. The molecule has 1 fully saturated rings. The van der Waals surface area contributed by atoms with Gasteiger partial charge in [-0.1, -0.05) is 6.07 Å². The second kappa shape index (κ2) is 9.26. The fraction of sp³-hybridized carbons (Fsp3) is 0.250. The summed E-state index contributed by atoms with van der Waals surface area (Å²) in [6.07, 6.45) is 2.96. The van der Waals surface area contributed by atoms with Gasteiger partial charge < -0.3 is 20.3 Å². The number of fused-ring (bicyclic) bond motifs is 1. The zero-order chi connectivity index (χ0) is 24.5. The maximum absolute atomic E-state index is 15.0. The van der Waals surface area contributed by atoms with Crippen molar-refractivity contribution in [3.8, 4) is 17.1 Å². The van der Waals surface area contributed by atoms with E-state index in [2.05, 4.69) is 30.6 Å². The topological polar surface area (TPSA) is 97.2 Å². The van der Waals surface area contributed by atoms with Gasteiger partial charge in [-0.25, -0.2) is 18.7 Å². The number of hydrogen-bond donors (Lipinski definition) is 2. The summed E-state index contributed by atoms with van der Waals surface area (Å²) in [5.74, 6) is -1.42. The highest BCUT2D eigenvalue weighted by molar-refractivity contribution is 6.09. The molecule has 2 aromatic carbocycles. The molecule has 0 spiro atoms. The number of ether oxygens (including phenoxy) is 1. The molecule has 35 heavy (non-hydrogen) atoms. The lowest BCUT2D eigenvalue weighted by atomic mass is 10.1. The van der Waals surface area contributed by atoms with Crippen molar-refractivity contribution in [1.29, 1.82) is 0 Å². The van der Waals surface area contributed by atoms with Gasteiger partial charge in [-0.3, -0.25) is 9.48 Å². The number of rotatable bonds is 5. The number of anilines is 2. The van der Waals surface area contributed by atoms with Gasteiger partial charge in [-0.15, -0.1) is 0 Å². The maximum atomic E-state index is 15.0. The third-order valence-corrected chi connectivity index (χ3v) is 5.93. The van der Waals surface area contributed by atoms with E-state index in [4.69, 9.17) is 4.74 Å². The molecular formula is C24H23F2N7O2. The van der Waals surface area contributed by atoms with Crippen LogP contribution in [0.3, 0.4) is 0 Å². The normalized spacial score (nSPS) is 13.8. The molecule has 1 aliphatic heterocycles. The van der Waals surface area contributed by atoms with Gasteiger partial charge in [0.05, 0.1) is 30.2 Å². The van der Waals surface area contributed by atoms with E-state index < -0.39 is 17.5 Å². The number of hydrogen-bond acceptors (Lipinski definition) is 7. The summed E-state index contributed by atoms with van der Waals surface area (Å²) in [4.78, 5) is 23.7. The number of carbonyl (C=O) groups excluding carboxylic acids is 1. The summed E-state index contributed by atoms with van der Waals surface area (Å²) in [6.45, 7) is 2.88. The fourth-order valence-electron chi connectivity index (χ4n) is 4.31. The van der Waals surface area contributed by atoms with Gasteiger partial charge in [-0.2, -0.15) is 5.10 Å². The van der Waals surface area contributed by atoms with E-state index in [-0.39, 0.29) is 22.8 Å². The molecule has 1 amide bonds. The first-order valence-corrected chi connectivity index (χ1v) is 11.0. The quantitative estimate of drug-likeness (QED) is 0.454. The average molecular weight is 479 g/mol. The molecule has 180 valence electrons.